The molecule has 134 valence electrons. The third-order valence-corrected chi connectivity index (χ3v) is 5.03. The number of rotatable bonds is 4. The van der Waals surface area contributed by atoms with Crippen LogP contribution >= 0.6 is 22.9 Å². The number of benzene rings is 1. The number of hydrogen-bond acceptors (Lipinski definition) is 5. The van der Waals surface area contributed by atoms with Crippen molar-refractivity contribution in [1.29, 1.82) is 0 Å². The van der Waals surface area contributed by atoms with Crippen molar-refractivity contribution in [3.63, 3.8) is 0 Å². The van der Waals surface area contributed by atoms with E-state index in [9.17, 15) is 4.79 Å². The van der Waals surface area contributed by atoms with Gasteiger partial charge in [-0.2, -0.15) is 5.10 Å². The number of aromatic nitrogens is 4. The van der Waals surface area contributed by atoms with Crippen molar-refractivity contribution in [2.75, 3.05) is 5.32 Å². The fourth-order valence-electron chi connectivity index (χ4n) is 2.62. The molecule has 0 unspecified atom stereocenters. The molecular formula is C19H14ClN5OS. The molecular weight excluding hydrogens is 382 g/mol. The number of thiazole rings is 1. The fraction of sp³-hybridized carbons (Fsp3) is 0.0526. The normalized spacial score (nSPS) is 10.7. The first-order valence-electron chi connectivity index (χ1n) is 8.08. The van der Waals surface area contributed by atoms with Crippen LogP contribution < -0.4 is 5.32 Å². The van der Waals surface area contributed by atoms with Gasteiger partial charge in [-0.1, -0.05) is 29.8 Å². The average Bonchev–Trinajstić information content (AvgIpc) is 3.29. The van der Waals surface area contributed by atoms with Gasteiger partial charge in [-0.05, 0) is 24.3 Å². The number of hydrogen-bond donors (Lipinski definition) is 1. The van der Waals surface area contributed by atoms with E-state index in [-0.39, 0.29) is 5.91 Å². The van der Waals surface area contributed by atoms with Gasteiger partial charge in [0.15, 0.2) is 5.13 Å². The molecule has 4 aromatic rings. The number of nitrogens with zero attached hydrogens (tertiary/aromatic N) is 4. The zero-order chi connectivity index (χ0) is 18.8. The summed E-state index contributed by atoms with van der Waals surface area (Å²) < 4.78 is 1.53. The molecule has 0 aliphatic rings. The van der Waals surface area contributed by atoms with E-state index in [0.29, 0.717) is 21.5 Å². The quantitative estimate of drug-likeness (QED) is 0.551. The molecule has 3 aromatic heterocycles. The minimum Gasteiger partial charge on any atom is -0.296 e. The van der Waals surface area contributed by atoms with E-state index in [0.717, 1.165) is 16.8 Å². The van der Waals surface area contributed by atoms with Crippen LogP contribution in [-0.2, 0) is 7.05 Å². The molecule has 3 heterocycles. The lowest BCUT2D eigenvalue weighted by atomic mass is 10.1. The third kappa shape index (κ3) is 3.60. The second-order valence-corrected chi connectivity index (χ2v) is 7.02. The highest BCUT2D eigenvalue weighted by Gasteiger charge is 2.17. The summed E-state index contributed by atoms with van der Waals surface area (Å²) in [4.78, 5) is 21.2. The lowest BCUT2D eigenvalue weighted by Gasteiger charge is -2.01. The molecule has 4 rings (SSSR count). The van der Waals surface area contributed by atoms with Crippen molar-refractivity contribution in [3.05, 3.63) is 71.0 Å². The Balaban J connectivity index is 1.56. The van der Waals surface area contributed by atoms with Crippen molar-refractivity contribution in [1.82, 2.24) is 19.7 Å². The summed E-state index contributed by atoms with van der Waals surface area (Å²) in [5.41, 5.74) is 3.51. The van der Waals surface area contributed by atoms with Gasteiger partial charge in [0.25, 0.3) is 5.91 Å². The molecule has 1 N–H and O–H groups in total. The van der Waals surface area contributed by atoms with Gasteiger partial charge in [0.2, 0.25) is 0 Å². The Morgan fingerprint density at radius 2 is 2.04 bits per heavy atom. The first-order chi connectivity index (χ1) is 13.1. The summed E-state index contributed by atoms with van der Waals surface area (Å²) in [5, 5.41) is 10.2. The van der Waals surface area contributed by atoms with Crippen molar-refractivity contribution in [3.8, 4) is 22.5 Å². The molecule has 0 saturated heterocycles. The number of pyridine rings is 1. The van der Waals surface area contributed by atoms with Gasteiger partial charge in [0.05, 0.1) is 16.4 Å². The van der Waals surface area contributed by atoms with E-state index >= 15 is 0 Å². The Kier molecular flexibility index (Phi) is 4.70. The summed E-state index contributed by atoms with van der Waals surface area (Å²) in [5.74, 6) is -0.282. The number of halogens is 1. The monoisotopic (exact) mass is 395 g/mol. The minimum atomic E-state index is -0.282. The highest BCUT2D eigenvalue weighted by atomic mass is 35.5. The van der Waals surface area contributed by atoms with Crippen molar-refractivity contribution in [2.24, 2.45) is 7.05 Å². The molecule has 0 bridgehead atoms. The molecule has 1 aromatic carbocycles. The second kappa shape index (κ2) is 7.30. The van der Waals surface area contributed by atoms with Crippen LogP contribution in [0.1, 0.15) is 10.5 Å². The maximum Gasteiger partial charge on any atom is 0.275 e. The lowest BCUT2D eigenvalue weighted by Crippen LogP contribution is -2.15. The Hall–Kier alpha value is -3.03. The van der Waals surface area contributed by atoms with Crippen LogP contribution in [0.4, 0.5) is 5.13 Å². The zero-order valence-corrected chi connectivity index (χ0v) is 15.8. The number of nitrogens with one attached hydrogen (secondary N) is 1. The smallest absolute Gasteiger partial charge is 0.275 e. The van der Waals surface area contributed by atoms with Gasteiger partial charge in [-0.25, -0.2) is 4.98 Å². The molecule has 6 nitrogen and oxygen atoms in total. The molecule has 0 aliphatic heterocycles. The molecule has 0 atom stereocenters. The van der Waals surface area contributed by atoms with E-state index in [1.807, 2.05) is 35.7 Å². The van der Waals surface area contributed by atoms with Gasteiger partial charge < -0.3 is 0 Å². The highest BCUT2D eigenvalue weighted by Crippen LogP contribution is 2.28. The Morgan fingerprint density at radius 1 is 1.19 bits per heavy atom. The Labute approximate surface area is 164 Å². The van der Waals surface area contributed by atoms with Gasteiger partial charge in [0.1, 0.15) is 5.69 Å². The number of carbonyl (C=O) groups is 1. The van der Waals surface area contributed by atoms with Gasteiger partial charge >= 0.3 is 0 Å². The Morgan fingerprint density at radius 3 is 2.81 bits per heavy atom. The maximum atomic E-state index is 12.7. The van der Waals surface area contributed by atoms with Crippen LogP contribution in [0, 0.1) is 0 Å². The number of aryl methyl sites for hydroxylation is 1. The van der Waals surface area contributed by atoms with E-state index in [1.165, 1.54) is 16.0 Å². The molecule has 0 spiro atoms. The van der Waals surface area contributed by atoms with Gasteiger partial charge in [0, 0.05) is 35.9 Å². The van der Waals surface area contributed by atoms with E-state index in [4.69, 9.17) is 11.6 Å². The molecule has 0 fully saturated rings. The maximum absolute atomic E-state index is 12.7. The average molecular weight is 396 g/mol. The predicted octanol–water partition coefficient (Wildman–Crippen LogP) is 4.51. The van der Waals surface area contributed by atoms with Gasteiger partial charge in [-0.3, -0.25) is 19.8 Å². The third-order valence-electron chi connectivity index (χ3n) is 3.94. The SMILES string of the molecule is Cn1nc(-c2ccccc2Cl)cc1C(=O)Nc1nc(-c2cccnc2)cs1. The molecule has 8 heteroatoms. The summed E-state index contributed by atoms with van der Waals surface area (Å²) in [6.07, 6.45) is 3.44. The molecule has 1 amide bonds. The fourth-order valence-corrected chi connectivity index (χ4v) is 3.57. The van der Waals surface area contributed by atoms with Crippen LogP contribution in [0.15, 0.2) is 60.2 Å². The van der Waals surface area contributed by atoms with Crippen LogP contribution in [0.25, 0.3) is 22.5 Å². The number of amides is 1. The largest absolute Gasteiger partial charge is 0.296 e. The lowest BCUT2D eigenvalue weighted by molar-refractivity contribution is 0.101. The van der Waals surface area contributed by atoms with Crippen LogP contribution in [0.2, 0.25) is 5.02 Å². The first-order valence-corrected chi connectivity index (χ1v) is 9.34. The standard InChI is InChI=1S/C19H14ClN5OS/c1-25-17(9-15(24-25)13-6-2-3-7-14(13)20)18(26)23-19-22-16(11-27-19)12-5-4-8-21-10-12/h2-11H,1H3,(H,22,23,26). The minimum absolute atomic E-state index is 0.282. The van der Waals surface area contributed by atoms with Gasteiger partial charge in [-0.15, -0.1) is 11.3 Å². The summed E-state index contributed by atoms with van der Waals surface area (Å²) >= 11 is 7.58. The van der Waals surface area contributed by atoms with Crippen molar-refractivity contribution in [2.45, 2.75) is 0 Å². The van der Waals surface area contributed by atoms with E-state index in [2.05, 4.69) is 20.4 Å². The topological polar surface area (TPSA) is 72.7 Å². The number of carbonyl (C=O) groups excluding carboxylic acids is 1. The van der Waals surface area contributed by atoms with Crippen molar-refractivity contribution < 1.29 is 4.79 Å². The molecule has 0 saturated carbocycles. The highest BCUT2D eigenvalue weighted by molar-refractivity contribution is 7.14. The summed E-state index contributed by atoms with van der Waals surface area (Å²) in [6, 6.07) is 12.9. The van der Waals surface area contributed by atoms with Crippen LogP contribution in [0.3, 0.4) is 0 Å². The second-order valence-electron chi connectivity index (χ2n) is 5.75. The summed E-state index contributed by atoms with van der Waals surface area (Å²) in [7, 11) is 1.72. The molecule has 27 heavy (non-hydrogen) atoms. The predicted molar refractivity (Wildman–Crippen MR) is 107 cm³/mol. The summed E-state index contributed by atoms with van der Waals surface area (Å²) in [6.45, 7) is 0. The molecule has 0 radical (unpaired) electrons. The first kappa shape index (κ1) is 17.4. The zero-order valence-electron chi connectivity index (χ0n) is 14.3. The Bertz CT molecular complexity index is 1110. The van der Waals surface area contributed by atoms with Crippen molar-refractivity contribution >= 4 is 34.0 Å². The van der Waals surface area contributed by atoms with E-state index in [1.54, 1.807) is 31.6 Å². The van der Waals surface area contributed by atoms with Crippen LogP contribution in [-0.4, -0.2) is 25.7 Å². The van der Waals surface area contributed by atoms with Crippen LogP contribution in [0.5, 0.6) is 0 Å². The number of anilines is 1. The van der Waals surface area contributed by atoms with E-state index < -0.39 is 0 Å². The molecule has 0 aliphatic carbocycles.